The van der Waals surface area contributed by atoms with Crippen LogP contribution < -0.4 is 0 Å². The second-order valence-electron chi connectivity index (χ2n) is 4.20. The van der Waals surface area contributed by atoms with Crippen LogP contribution in [-0.4, -0.2) is 34.7 Å². The Morgan fingerprint density at radius 3 is 2.00 bits per heavy atom. The minimum atomic E-state index is -0.0177. The molecule has 1 aromatic carbocycles. The van der Waals surface area contributed by atoms with Gasteiger partial charge in [-0.3, -0.25) is 4.90 Å². The summed E-state index contributed by atoms with van der Waals surface area (Å²) in [6.45, 7) is 6.59. The van der Waals surface area contributed by atoms with Gasteiger partial charge in [0.15, 0.2) is 11.5 Å². The molecule has 4 heteroatoms. The highest BCUT2D eigenvalue weighted by atomic mass is 79.9. The smallest absolute Gasteiger partial charge is 0.157 e. The van der Waals surface area contributed by atoms with Gasteiger partial charge < -0.3 is 10.2 Å². The summed E-state index contributed by atoms with van der Waals surface area (Å²) >= 11 is 0. The third-order valence-electron chi connectivity index (χ3n) is 3.08. The van der Waals surface area contributed by atoms with Crippen molar-refractivity contribution in [2.75, 3.05) is 19.6 Å². The minimum Gasteiger partial charge on any atom is -0.504 e. The molecule has 0 saturated carbocycles. The van der Waals surface area contributed by atoms with E-state index in [0.29, 0.717) is 0 Å². The number of halogens is 1. The number of nitrogens with zero attached hydrogens (tertiary/aromatic N) is 1. The molecule has 17 heavy (non-hydrogen) atoms. The van der Waals surface area contributed by atoms with Gasteiger partial charge in [0, 0.05) is 19.6 Å². The van der Waals surface area contributed by atoms with Crippen LogP contribution in [0.5, 0.6) is 11.5 Å². The van der Waals surface area contributed by atoms with Crippen molar-refractivity contribution in [3.05, 3.63) is 35.9 Å². The quantitative estimate of drug-likeness (QED) is 0.650. The number of fused-ring (bicyclic) bond motifs is 1. The molecule has 2 rings (SSSR count). The maximum Gasteiger partial charge on any atom is 0.157 e. The number of rotatable bonds is 2. The second-order valence-corrected chi connectivity index (χ2v) is 4.20. The highest BCUT2D eigenvalue weighted by Crippen LogP contribution is 2.30. The Balaban J connectivity index is 0.00000144. The fourth-order valence-electron chi connectivity index (χ4n) is 2.16. The zero-order valence-electron chi connectivity index (χ0n) is 9.72. The van der Waals surface area contributed by atoms with Crippen LogP contribution >= 0.6 is 17.0 Å². The van der Waals surface area contributed by atoms with E-state index in [1.54, 1.807) is 12.1 Å². The van der Waals surface area contributed by atoms with E-state index < -0.39 is 0 Å². The summed E-state index contributed by atoms with van der Waals surface area (Å²) in [4.78, 5) is 2.32. The summed E-state index contributed by atoms with van der Waals surface area (Å²) in [6.07, 6.45) is 3.74. The normalized spacial score (nSPS) is 15.5. The van der Waals surface area contributed by atoms with Gasteiger partial charge in [-0.05, 0) is 36.1 Å². The number of aromatic hydroxyl groups is 2. The number of hydrogen-bond acceptors (Lipinski definition) is 3. The van der Waals surface area contributed by atoms with Crippen molar-refractivity contribution in [3.63, 3.8) is 0 Å². The van der Waals surface area contributed by atoms with Crippen molar-refractivity contribution in [3.8, 4) is 11.5 Å². The van der Waals surface area contributed by atoms with Crippen LogP contribution in [0.1, 0.15) is 11.1 Å². The molecule has 1 aliphatic heterocycles. The van der Waals surface area contributed by atoms with Gasteiger partial charge in [0.25, 0.3) is 0 Å². The predicted molar refractivity (Wildman–Crippen MR) is 74.1 cm³/mol. The van der Waals surface area contributed by atoms with E-state index in [2.05, 4.69) is 11.5 Å². The van der Waals surface area contributed by atoms with Crippen molar-refractivity contribution in [1.82, 2.24) is 4.90 Å². The Morgan fingerprint density at radius 2 is 1.59 bits per heavy atom. The summed E-state index contributed by atoms with van der Waals surface area (Å²) in [5.41, 5.74) is 2.28. The zero-order chi connectivity index (χ0) is 11.5. The second kappa shape index (κ2) is 6.07. The SMILES string of the molecule is Br.C=CCN1CCc2cc(O)c(O)cc2CC1. The molecule has 1 aliphatic rings. The highest BCUT2D eigenvalue weighted by Gasteiger charge is 2.15. The van der Waals surface area contributed by atoms with Crippen molar-refractivity contribution in [2.24, 2.45) is 0 Å². The van der Waals surface area contributed by atoms with Gasteiger partial charge in [-0.1, -0.05) is 6.08 Å². The zero-order valence-corrected chi connectivity index (χ0v) is 11.4. The number of phenols is 2. The fourth-order valence-corrected chi connectivity index (χ4v) is 2.16. The molecule has 0 bridgehead atoms. The van der Waals surface area contributed by atoms with E-state index in [1.165, 1.54) is 0 Å². The van der Waals surface area contributed by atoms with Gasteiger partial charge in [0.05, 0.1) is 0 Å². The maximum absolute atomic E-state index is 9.46. The van der Waals surface area contributed by atoms with Crippen LogP contribution in [0.15, 0.2) is 24.8 Å². The first kappa shape index (κ1) is 14.1. The molecule has 1 heterocycles. The molecule has 3 nitrogen and oxygen atoms in total. The molecule has 0 saturated heterocycles. The van der Waals surface area contributed by atoms with Gasteiger partial charge in [-0.2, -0.15) is 0 Å². The highest BCUT2D eigenvalue weighted by molar-refractivity contribution is 8.93. The molecule has 0 spiro atoms. The Hall–Kier alpha value is -1.00. The molecular weight excluding hydrogens is 282 g/mol. The van der Waals surface area contributed by atoms with E-state index in [4.69, 9.17) is 0 Å². The summed E-state index contributed by atoms with van der Waals surface area (Å²) in [7, 11) is 0. The molecular formula is C13H18BrNO2. The third-order valence-corrected chi connectivity index (χ3v) is 3.08. The third kappa shape index (κ3) is 3.23. The summed E-state index contributed by atoms with van der Waals surface area (Å²) in [5, 5.41) is 18.9. The van der Waals surface area contributed by atoms with Crippen LogP contribution in [0.25, 0.3) is 0 Å². The summed E-state index contributed by atoms with van der Waals surface area (Å²) in [6, 6.07) is 3.37. The molecule has 1 aromatic rings. The largest absolute Gasteiger partial charge is 0.504 e. The van der Waals surface area contributed by atoms with Crippen LogP contribution in [0.3, 0.4) is 0 Å². The summed E-state index contributed by atoms with van der Waals surface area (Å²) in [5.74, 6) is -0.0353. The van der Waals surface area contributed by atoms with Gasteiger partial charge in [-0.25, -0.2) is 0 Å². The average Bonchev–Trinajstić information content (AvgIpc) is 2.44. The van der Waals surface area contributed by atoms with Crippen LogP contribution in [0.2, 0.25) is 0 Å². The Kier molecular flexibility index (Phi) is 5.02. The molecule has 0 atom stereocenters. The van der Waals surface area contributed by atoms with E-state index >= 15 is 0 Å². The van der Waals surface area contributed by atoms with Gasteiger partial charge in [0.1, 0.15) is 0 Å². The van der Waals surface area contributed by atoms with Crippen molar-refractivity contribution >= 4 is 17.0 Å². The Morgan fingerprint density at radius 1 is 1.12 bits per heavy atom. The predicted octanol–water partition coefficient (Wildman–Crippen LogP) is 2.26. The number of benzene rings is 1. The number of hydrogen-bond donors (Lipinski definition) is 2. The lowest BCUT2D eigenvalue weighted by atomic mass is 10.0. The molecule has 0 fully saturated rings. The van der Waals surface area contributed by atoms with Gasteiger partial charge in [-0.15, -0.1) is 23.6 Å². The van der Waals surface area contributed by atoms with Crippen LogP contribution in [-0.2, 0) is 12.8 Å². The lowest BCUT2D eigenvalue weighted by Gasteiger charge is -2.16. The number of phenolic OH excluding ortho intramolecular Hbond substituents is 2. The lowest BCUT2D eigenvalue weighted by Crippen LogP contribution is -2.26. The molecule has 2 N–H and O–H groups in total. The Labute approximate surface area is 112 Å². The topological polar surface area (TPSA) is 43.7 Å². The monoisotopic (exact) mass is 299 g/mol. The van der Waals surface area contributed by atoms with Crippen molar-refractivity contribution in [1.29, 1.82) is 0 Å². The first-order valence-electron chi connectivity index (χ1n) is 5.57. The van der Waals surface area contributed by atoms with Gasteiger partial charge >= 0.3 is 0 Å². The summed E-state index contributed by atoms with van der Waals surface area (Å²) < 4.78 is 0. The lowest BCUT2D eigenvalue weighted by molar-refractivity contribution is 0.318. The minimum absolute atomic E-state index is 0. The van der Waals surface area contributed by atoms with E-state index in [-0.39, 0.29) is 28.5 Å². The van der Waals surface area contributed by atoms with Crippen molar-refractivity contribution in [2.45, 2.75) is 12.8 Å². The first-order valence-corrected chi connectivity index (χ1v) is 5.57. The molecule has 0 aromatic heterocycles. The van der Waals surface area contributed by atoms with Crippen molar-refractivity contribution < 1.29 is 10.2 Å². The average molecular weight is 300 g/mol. The molecule has 0 amide bonds. The fraction of sp³-hybridized carbons (Fsp3) is 0.385. The van der Waals surface area contributed by atoms with Crippen LogP contribution in [0, 0.1) is 0 Å². The van der Waals surface area contributed by atoms with E-state index in [9.17, 15) is 10.2 Å². The van der Waals surface area contributed by atoms with E-state index in [1.807, 2.05) is 6.08 Å². The maximum atomic E-state index is 9.46. The van der Waals surface area contributed by atoms with Gasteiger partial charge in [0.2, 0.25) is 0 Å². The molecule has 0 aliphatic carbocycles. The standard InChI is InChI=1S/C13H17NO2.BrH/c1-2-5-14-6-3-10-8-12(15)13(16)9-11(10)4-7-14;/h2,8-9,15-16H,1,3-7H2;1H. The first-order chi connectivity index (χ1) is 7.70. The Bertz CT molecular complexity index is 374. The van der Waals surface area contributed by atoms with E-state index in [0.717, 1.165) is 43.6 Å². The van der Waals surface area contributed by atoms with Crippen LogP contribution in [0.4, 0.5) is 0 Å². The molecule has 94 valence electrons. The molecule has 0 radical (unpaired) electrons. The molecule has 0 unspecified atom stereocenters.